The number of rotatable bonds is 4. The van der Waals surface area contributed by atoms with E-state index in [1.807, 2.05) is 6.92 Å². The minimum absolute atomic E-state index is 0.225. The molecule has 0 radical (unpaired) electrons. The van der Waals surface area contributed by atoms with Crippen LogP contribution in [0.15, 0.2) is 0 Å². The van der Waals surface area contributed by atoms with Gasteiger partial charge in [0.1, 0.15) is 0 Å². The molecular formula is C10H19NO4. The van der Waals surface area contributed by atoms with Crippen LogP contribution in [0.5, 0.6) is 0 Å². The molecule has 0 N–H and O–H groups in total. The van der Waals surface area contributed by atoms with E-state index in [1.54, 1.807) is 13.8 Å². The largest absolute Gasteiger partial charge is 0.445 e. The van der Waals surface area contributed by atoms with Gasteiger partial charge in [0.05, 0.1) is 12.6 Å². The maximum Gasteiger partial charge on any atom is 0.443 e. The van der Waals surface area contributed by atoms with E-state index in [0.717, 1.165) is 17.9 Å². The van der Waals surface area contributed by atoms with E-state index in [2.05, 4.69) is 0 Å². The smallest absolute Gasteiger partial charge is 0.443 e. The molecule has 0 spiro atoms. The Morgan fingerprint density at radius 3 is 2.33 bits per heavy atom. The molecule has 0 heterocycles. The van der Waals surface area contributed by atoms with Crippen LogP contribution in [0.25, 0.3) is 0 Å². The lowest BCUT2D eigenvalue weighted by Gasteiger charge is -2.20. The van der Waals surface area contributed by atoms with E-state index >= 15 is 0 Å². The summed E-state index contributed by atoms with van der Waals surface area (Å²) in [5.74, 6) is -0.521. The summed E-state index contributed by atoms with van der Waals surface area (Å²) in [6.45, 7) is 7.08. The van der Waals surface area contributed by atoms with E-state index < -0.39 is 12.1 Å². The molecule has 0 aromatic heterocycles. The highest BCUT2D eigenvalue weighted by atomic mass is 16.8. The summed E-state index contributed by atoms with van der Waals surface area (Å²) >= 11 is 0. The summed E-state index contributed by atoms with van der Waals surface area (Å²) < 4.78 is 4.92. The topological polar surface area (TPSA) is 55.8 Å². The van der Waals surface area contributed by atoms with Gasteiger partial charge in [-0.15, -0.1) is 5.06 Å². The zero-order chi connectivity index (χ0) is 11.8. The second-order valence-electron chi connectivity index (χ2n) is 3.47. The first kappa shape index (κ1) is 13.7. The van der Waals surface area contributed by atoms with Crippen LogP contribution in [0.3, 0.4) is 0 Å². The van der Waals surface area contributed by atoms with Crippen molar-refractivity contribution < 1.29 is 19.2 Å². The first-order chi connectivity index (χ1) is 6.97. The Balaban J connectivity index is 4.20. The van der Waals surface area contributed by atoms with Crippen molar-refractivity contribution in [3.05, 3.63) is 0 Å². The average Bonchev–Trinajstić information content (AvgIpc) is 2.10. The summed E-state index contributed by atoms with van der Waals surface area (Å²) in [4.78, 5) is 26.9. The van der Waals surface area contributed by atoms with Gasteiger partial charge in [0, 0.05) is 6.92 Å². The number of nitrogens with zero attached hydrogens (tertiary/aromatic N) is 1. The third-order valence-electron chi connectivity index (χ3n) is 1.49. The van der Waals surface area contributed by atoms with E-state index in [-0.39, 0.29) is 6.10 Å². The summed E-state index contributed by atoms with van der Waals surface area (Å²) in [5.41, 5.74) is 0. The van der Waals surface area contributed by atoms with Crippen LogP contribution in [0, 0.1) is 0 Å². The third-order valence-corrected chi connectivity index (χ3v) is 1.49. The molecule has 15 heavy (non-hydrogen) atoms. The van der Waals surface area contributed by atoms with Crippen molar-refractivity contribution in [3.8, 4) is 0 Å². The van der Waals surface area contributed by atoms with Crippen LogP contribution < -0.4 is 0 Å². The molecule has 5 heteroatoms. The Morgan fingerprint density at radius 2 is 1.93 bits per heavy atom. The summed E-state index contributed by atoms with van der Waals surface area (Å²) in [6.07, 6.45) is 0.832. The molecule has 0 rings (SSSR count). The van der Waals surface area contributed by atoms with Gasteiger partial charge in [-0.05, 0) is 20.3 Å². The highest BCUT2D eigenvalue weighted by Crippen LogP contribution is 2.02. The van der Waals surface area contributed by atoms with Gasteiger partial charge < -0.3 is 9.57 Å². The van der Waals surface area contributed by atoms with Crippen molar-refractivity contribution >= 4 is 12.1 Å². The van der Waals surface area contributed by atoms with Gasteiger partial charge in [0.15, 0.2) is 0 Å². The number of unbranched alkanes of at least 4 members (excludes halogenated alkanes) is 1. The molecule has 0 aliphatic heterocycles. The summed E-state index contributed by atoms with van der Waals surface area (Å²) in [6, 6.07) is 0. The van der Waals surface area contributed by atoms with Crippen molar-refractivity contribution in [3.63, 3.8) is 0 Å². The molecule has 0 aliphatic carbocycles. The summed E-state index contributed by atoms with van der Waals surface area (Å²) in [5, 5.41) is 0.964. The van der Waals surface area contributed by atoms with Gasteiger partial charge in [0.25, 0.3) is 0 Å². The van der Waals surface area contributed by atoms with Crippen molar-refractivity contribution in [2.75, 3.05) is 6.54 Å². The van der Waals surface area contributed by atoms with E-state index in [0.29, 0.717) is 6.54 Å². The lowest BCUT2D eigenvalue weighted by molar-refractivity contribution is -0.180. The van der Waals surface area contributed by atoms with E-state index in [1.165, 1.54) is 6.92 Å². The molecule has 0 aromatic carbocycles. The Bertz CT molecular complexity index is 215. The van der Waals surface area contributed by atoms with Crippen LogP contribution >= 0.6 is 0 Å². The lowest BCUT2D eigenvalue weighted by Crippen LogP contribution is -2.35. The number of carbonyl (C=O) groups excluding carboxylic acids is 2. The molecule has 5 nitrogen and oxygen atoms in total. The highest BCUT2D eigenvalue weighted by Gasteiger charge is 2.18. The van der Waals surface area contributed by atoms with E-state index in [9.17, 15) is 9.59 Å². The lowest BCUT2D eigenvalue weighted by atomic mass is 10.3. The van der Waals surface area contributed by atoms with Gasteiger partial charge in [-0.2, -0.15) is 0 Å². The van der Waals surface area contributed by atoms with Gasteiger partial charge in [-0.1, -0.05) is 13.3 Å². The van der Waals surface area contributed by atoms with Gasteiger partial charge in [-0.25, -0.2) is 4.79 Å². The van der Waals surface area contributed by atoms with Crippen molar-refractivity contribution in [2.45, 2.75) is 46.6 Å². The molecule has 0 saturated carbocycles. The predicted molar refractivity (Wildman–Crippen MR) is 55.0 cm³/mol. The predicted octanol–water partition coefficient (Wildman–Crippen LogP) is 2.11. The molecule has 0 saturated heterocycles. The number of amides is 1. The second-order valence-corrected chi connectivity index (χ2v) is 3.47. The normalized spacial score (nSPS) is 9.93. The van der Waals surface area contributed by atoms with Crippen LogP contribution in [0.4, 0.5) is 4.79 Å². The fraction of sp³-hybridized carbons (Fsp3) is 0.800. The van der Waals surface area contributed by atoms with Crippen LogP contribution in [-0.4, -0.2) is 29.8 Å². The minimum atomic E-state index is -0.617. The number of ether oxygens (including phenoxy) is 1. The zero-order valence-corrected chi connectivity index (χ0v) is 9.78. The molecular weight excluding hydrogens is 198 g/mol. The molecule has 0 bridgehead atoms. The number of carbonyl (C=O) groups is 2. The fourth-order valence-electron chi connectivity index (χ4n) is 0.892. The molecule has 1 amide bonds. The minimum Gasteiger partial charge on any atom is -0.445 e. The zero-order valence-electron chi connectivity index (χ0n) is 9.78. The SMILES string of the molecule is CCCCN(OC(C)=O)C(=O)OC(C)C. The second kappa shape index (κ2) is 7.09. The Hall–Kier alpha value is -1.26. The Labute approximate surface area is 90.3 Å². The maximum atomic E-state index is 11.4. The molecule has 0 aliphatic rings. The van der Waals surface area contributed by atoms with Crippen molar-refractivity contribution in [1.29, 1.82) is 0 Å². The first-order valence-electron chi connectivity index (χ1n) is 5.14. The maximum absolute atomic E-state index is 11.4. The molecule has 88 valence electrons. The van der Waals surface area contributed by atoms with Gasteiger partial charge in [0.2, 0.25) is 0 Å². The van der Waals surface area contributed by atoms with Crippen LogP contribution in [0.1, 0.15) is 40.5 Å². The Kier molecular flexibility index (Phi) is 6.49. The quantitative estimate of drug-likeness (QED) is 0.677. The van der Waals surface area contributed by atoms with Crippen molar-refractivity contribution in [2.24, 2.45) is 0 Å². The van der Waals surface area contributed by atoms with Crippen molar-refractivity contribution in [1.82, 2.24) is 5.06 Å². The van der Waals surface area contributed by atoms with Crippen LogP contribution in [-0.2, 0) is 14.4 Å². The number of hydrogen-bond donors (Lipinski definition) is 0. The fourth-order valence-corrected chi connectivity index (χ4v) is 0.892. The van der Waals surface area contributed by atoms with Crippen LogP contribution in [0.2, 0.25) is 0 Å². The number of hydroxylamine groups is 2. The molecule has 0 aromatic rings. The summed E-state index contributed by atoms with van der Waals surface area (Å²) in [7, 11) is 0. The third kappa shape index (κ3) is 6.76. The molecule has 0 unspecified atom stereocenters. The Morgan fingerprint density at radius 1 is 1.33 bits per heavy atom. The standard InChI is InChI=1S/C10H19NO4/c1-5-6-7-11(15-9(4)12)10(13)14-8(2)3/h8H,5-7H2,1-4H3. The monoisotopic (exact) mass is 217 g/mol. The highest BCUT2D eigenvalue weighted by molar-refractivity contribution is 5.71. The van der Waals surface area contributed by atoms with Gasteiger partial charge >= 0.3 is 12.1 Å². The molecule has 0 fully saturated rings. The van der Waals surface area contributed by atoms with E-state index in [4.69, 9.17) is 9.57 Å². The molecule has 0 atom stereocenters. The van der Waals surface area contributed by atoms with Gasteiger partial charge in [-0.3, -0.25) is 4.79 Å². The average molecular weight is 217 g/mol. The first-order valence-corrected chi connectivity index (χ1v) is 5.14. The number of hydrogen-bond acceptors (Lipinski definition) is 4.